The van der Waals surface area contributed by atoms with Crippen LogP contribution in [0.2, 0.25) is 0 Å². The zero-order valence-electron chi connectivity index (χ0n) is 12.8. The maximum atomic E-state index is 12.5. The van der Waals surface area contributed by atoms with Gasteiger partial charge in [-0.15, -0.1) is 11.8 Å². The Hall–Kier alpha value is -2.67. The number of carbonyl (C=O) groups excluding carboxylic acids is 2. The van der Waals surface area contributed by atoms with Gasteiger partial charge in [-0.25, -0.2) is 0 Å². The number of amides is 2. The first-order chi connectivity index (χ1) is 11.6. The average molecular weight is 344 g/mol. The predicted molar refractivity (Wildman–Crippen MR) is 91.5 cm³/mol. The summed E-state index contributed by atoms with van der Waals surface area (Å²) >= 11 is 1.47. The highest BCUT2D eigenvalue weighted by Crippen LogP contribution is 2.33. The third kappa shape index (κ3) is 3.80. The Morgan fingerprint density at radius 2 is 1.92 bits per heavy atom. The van der Waals surface area contributed by atoms with Gasteiger partial charge in [-0.2, -0.15) is 0 Å². The minimum absolute atomic E-state index is 0.166. The smallest absolute Gasteiger partial charge is 0.255 e. The second-order valence-corrected chi connectivity index (χ2v) is 6.22. The van der Waals surface area contributed by atoms with Gasteiger partial charge in [0.15, 0.2) is 11.5 Å². The first kappa shape index (κ1) is 16.2. The van der Waals surface area contributed by atoms with Crippen molar-refractivity contribution in [2.24, 2.45) is 5.73 Å². The largest absolute Gasteiger partial charge is 0.454 e. The van der Waals surface area contributed by atoms with E-state index in [1.54, 1.807) is 18.2 Å². The Morgan fingerprint density at radius 3 is 2.75 bits per heavy atom. The summed E-state index contributed by atoms with van der Waals surface area (Å²) in [5.41, 5.74) is 6.32. The van der Waals surface area contributed by atoms with Gasteiger partial charge < -0.3 is 20.5 Å². The molecule has 3 N–H and O–H groups in total. The van der Waals surface area contributed by atoms with Crippen LogP contribution in [0.15, 0.2) is 47.4 Å². The molecule has 3 rings (SSSR count). The molecule has 0 aromatic heterocycles. The van der Waals surface area contributed by atoms with Gasteiger partial charge in [-0.3, -0.25) is 9.59 Å². The molecule has 0 aliphatic carbocycles. The number of fused-ring (bicyclic) bond motifs is 1. The minimum atomic E-state index is -0.343. The molecule has 2 aromatic carbocycles. The summed E-state index contributed by atoms with van der Waals surface area (Å²) in [6, 6.07) is 12.5. The fraction of sp³-hybridized carbons (Fsp3) is 0.176. The van der Waals surface area contributed by atoms with Crippen molar-refractivity contribution in [2.45, 2.75) is 11.3 Å². The maximum absolute atomic E-state index is 12.5. The molecule has 1 aliphatic rings. The molecule has 0 saturated heterocycles. The zero-order valence-corrected chi connectivity index (χ0v) is 13.6. The monoisotopic (exact) mass is 344 g/mol. The van der Waals surface area contributed by atoms with E-state index in [4.69, 9.17) is 15.2 Å². The lowest BCUT2D eigenvalue weighted by molar-refractivity contribution is -0.117. The lowest BCUT2D eigenvalue weighted by Crippen LogP contribution is -2.13. The Kier molecular flexibility index (Phi) is 4.90. The van der Waals surface area contributed by atoms with Crippen molar-refractivity contribution in [1.29, 1.82) is 0 Å². The lowest BCUT2D eigenvalue weighted by atomic mass is 10.2. The van der Waals surface area contributed by atoms with E-state index >= 15 is 0 Å². The Bertz CT molecular complexity index is 779. The highest BCUT2D eigenvalue weighted by atomic mass is 32.2. The van der Waals surface area contributed by atoms with E-state index in [1.807, 2.05) is 24.3 Å². The molecule has 2 aromatic rings. The number of hydrogen-bond acceptors (Lipinski definition) is 5. The number of thioether (sulfide) groups is 1. The van der Waals surface area contributed by atoms with E-state index < -0.39 is 0 Å². The number of carbonyl (C=O) groups is 2. The van der Waals surface area contributed by atoms with Crippen LogP contribution in [0.4, 0.5) is 5.69 Å². The summed E-state index contributed by atoms with van der Waals surface area (Å²) in [5, 5.41) is 2.88. The summed E-state index contributed by atoms with van der Waals surface area (Å²) in [6.07, 6.45) is 0.287. The zero-order chi connectivity index (χ0) is 16.9. The normalized spacial score (nSPS) is 12.0. The summed E-state index contributed by atoms with van der Waals surface area (Å²) in [5.74, 6) is 1.17. The number of nitrogens with one attached hydrogen (secondary N) is 1. The van der Waals surface area contributed by atoms with E-state index in [1.165, 1.54) is 11.8 Å². The molecule has 2 amide bonds. The number of anilines is 1. The molecule has 0 unspecified atom stereocenters. The summed E-state index contributed by atoms with van der Waals surface area (Å²) in [7, 11) is 0. The summed E-state index contributed by atoms with van der Waals surface area (Å²) in [4.78, 5) is 24.2. The quantitative estimate of drug-likeness (QED) is 0.786. The highest BCUT2D eigenvalue weighted by Gasteiger charge is 2.17. The van der Waals surface area contributed by atoms with Crippen LogP contribution in [0.3, 0.4) is 0 Å². The molecular weight excluding hydrogens is 328 g/mol. The van der Waals surface area contributed by atoms with Crippen LogP contribution in [0.25, 0.3) is 0 Å². The predicted octanol–water partition coefficient (Wildman–Crippen LogP) is 2.64. The van der Waals surface area contributed by atoms with Crippen LogP contribution >= 0.6 is 11.8 Å². The third-order valence-electron chi connectivity index (χ3n) is 3.38. The SMILES string of the molecule is NC(=O)CCSc1ccccc1NC(=O)c1ccc2c(c1)OCO2. The number of para-hydroxylation sites is 1. The van der Waals surface area contributed by atoms with E-state index in [0.717, 1.165) is 4.90 Å². The van der Waals surface area contributed by atoms with Gasteiger partial charge in [0, 0.05) is 22.6 Å². The fourth-order valence-corrected chi connectivity index (χ4v) is 3.16. The van der Waals surface area contributed by atoms with Crippen molar-refractivity contribution in [3.05, 3.63) is 48.0 Å². The molecular formula is C17H16N2O4S. The van der Waals surface area contributed by atoms with Crippen LogP contribution < -0.4 is 20.5 Å². The third-order valence-corrected chi connectivity index (χ3v) is 4.45. The van der Waals surface area contributed by atoms with Crippen LogP contribution in [-0.4, -0.2) is 24.4 Å². The van der Waals surface area contributed by atoms with Gasteiger partial charge in [0.2, 0.25) is 12.7 Å². The van der Waals surface area contributed by atoms with Gasteiger partial charge in [0.25, 0.3) is 5.91 Å². The van der Waals surface area contributed by atoms with Gasteiger partial charge in [-0.05, 0) is 30.3 Å². The molecule has 0 fully saturated rings. The molecule has 0 radical (unpaired) electrons. The second-order valence-electron chi connectivity index (χ2n) is 5.08. The van der Waals surface area contributed by atoms with Crippen molar-refractivity contribution < 1.29 is 19.1 Å². The van der Waals surface area contributed by atoms with Crippen molar-refractivity contribution in [1.82, 2.24) is 0 Å². The van der Waals surface area contributed by atoms with Crippen LogP contribution in [0.1, 0.15) is 16.8 Å². The van der Waals surface area contributed by atoms with Crippen LogP contribution in [-0.2, 0) is 4.79 Å². The van der Waals surface area contributed by atoms with E-state index in [2.05, 4.69) is 5.32 Å². The first-order valence-electron chi connectivity index (χ1n) is 7.34. The number of primary amides is 1. The maximum Gasteiger partial charge on any atom is 0.255 e. The van der Waals surface area contributed by atoms with Crippen LogP contribution in [0.5, 0.6) is 11.5 Å². The first-order valence-corrected chi connectivity index (χ1v) is 8.33. The molecule has 7 heteroatoms. The fourth-order valence-electron chi connectivity index (χ4n) is 2.19. The van der Waals surface area contributed by atoms with Gasteiger partial charge in [0.05, 0.1) is 5.69 Å². The molecule has 0 bridgehead atoms. The van der Waals surface area contributed by atoms with Crippen molar-refractivity contribution in [3.63, 3.8) is 0 Å². The molecule has 124 valence electrons. The highest BCUT2D eigenvalue weighted by molar-refractivity contribution is 7.99. The molecule has 1 aliphatic heterocycles. The van der Waals surface area contributed by atoms with Crippen molar-refractivity contribution in [3.8, 4) is 11.5 Å². The van der Waals surface area contributed by atoms with Gasteiger partial charge in [0.1, 0.15) is 0 Å². The molecule has 0 spiro atoms. The van der Waals surface area contributed by atoms with Gasteiger partial charge in [-0.1, -0.05) is 12.1 Å². The number of ether oxygens (including phenoxy) is 2. The summed E-state index contributed by atoms with van der Waals surface area (Å²) < 4.78 is 10.5. The van der Waals surface area contributed by atoms with Crippen molar-refractivity contribution >= 4 is 29.3 Å². The lowest BCUT2D eigenvalue weighted by Gasteiger charge is -2.11. The van der Waals surface area contributed by atoms with E-state index in [-0.39, 0.29) is 25.0 Å². The summed E-state index contributed by atoms with van der Waals surface area (Å²) in [6.45, 7) is 0.166. The Labute approximate surface area is 143 Å². The number of nitrogens with two attached hydrogens (primary N) is 1. The number of hydrogen-bond donors (Lipinski definition) is 2. The Morgan fingerprint density at radius 1 is 1.12 bits per heavy atom. The van der Waals surface area contributed by atoms with E-state index in [0.29, 0.717) is 28.5 Å². The van der Waals surface area contributed by atoms with Crippen molar-refractivity contribution in [2.75, 3.05) is 17.9 Å². The van der Waals surface area contributed by atoms with Gasteiger partial charge >= 0.3 is 0 Å². The number of benzene rings is 2. The van der Waals surface area contributed by atoms with Crippen LogP contribution in [0, 0.1) is 0 Å². The number of rotatable bonds is 6. The molecule has 0 saturated carbocycles. The Balaban J connectivity index is 1.71. The second kappa shape index (κ2) is 7.27. The topological polar surface area (TPSA) is 90.7 Å². The van der Waals surface area contributed by atoms with E-state index in [9.17, 15) is 9.59 Å². The molecule has 0 atom stereocenters. The minimum Gasteiger partial charge on any atom is -0.454 e. The molecule has 6 nitrogen and oxygen atoms in total. The standard InChI is InChI=1S/C17H16N2O4S/c18-16(20)7-8-24-15-4-2-1-3-12(15)19-17(21)11-5-6-13-14(9-11)23-10-22-13/h1-6,9H,7-8,10H2,(H2,18,20)(H,19,21). The molecule has 24 heavy (non-hydrogen) atoms. The molecule has 1 heterocycles. The average Bonchev–Trinajstić information content (AvgIpc) is 3.03.